The number of nitrogens with one attached hydrogen (secondary N) is 2. The van der Waals surface area contributed by atoms with Gasteiger partial charge in [-0.3, -0.25) is 14.9 Å². The zero-order valence-corrected chi connectivity index (χ0v) is 17.7. The Morgan fingerprint density at radius 2 is 1.76 bits per heavy atom. The highest BCUT2D eigenvalue weighted by Gasteiger charge is 2.11. The quantitative estimate of drug-likeness (QED) is 0.290. The molecule has 0 bridgehead atoms. The summed E-state index contributed by atoms with van der Waals surface area (Å²) in [6, 6.07) is 17.1. The summed E-state index contributed by atoms with van der Waals surface area (Å²) in [5.41, 5.74) is 2.49. The normalized spacial score (nSPS) is 10.5. The Bertz CT molecular complexity index is 943. The molecule has 0 saturated heterocycles. The summed E-state index contributed by atoms with van der Waals surface area (Å²) in [4.78, 5) is 23.8. The Kier molecular flexibility index (Phi) is 7.77. The van der Waals surface area contributed by atoms with Gasteiger partial charge in [0.2, 0.25) is 11.0 Å². The molecule has 2 aromatic carbocycles. The van der Waals surface area contributed by atoms with Crippen LogP contribution in [0.3, 0.4) is 0 Å². The molecule has 0 spiro atoms. The summed E-state index contributed by atoms with van der Waals surface area (Å²) in [7, 11) is 0. The molecule has 0 aliphatic heterocycles. The van der Waals surface area contributed by atoms with Crippen LogP contribution in [0.1, 0.15) is 35.7 Å². The number of aromatic nitrogens is 2. The van der Waals surface area contributed by atoms with E-state index >= 15 is 0 Å². The lowest BCUT2D eigenvalue weighted by Gasteiger charge is -2.05. The lowest BCUT2D eigenvalue weighted by molar-refractivity contribution is -0.115. The van der Waals surface area contributed by atoms with Gasteiger partial charge in [0, 0.05) is 23.4 Å². The molecule has 0 unspecified atom stereocenters. The van der Waals surface area contributed by atoms with Crippen molar-refractivity contribution in [3.8, 4) is 0 Å². The van der Waals surface area contributed by atoms with Crippen LogP contribution in [0.25, 0.3) is 0 Å². The largest absolute Gasteiger partial charge is 0.326 e. The van der Waals surface area contributed by atoms with E-state index in [0.29, 0.717) is 22.8 Å². The predicted octanol–water partition coefficient (Wildman–Crippen LogP) is 4.86. The van der Waals surface area contributed by atoms with E-state index in [-0.39, 0.29) is 11.8 Å². The van der Waals surface area contributed by atoms with Gasteiger partial charge in [-0.15, -0.1) is 10.2 Å². The minimum Gasteiger partial charge on any atom is -0.326 e. The highest BCUT2D eigenvalue weighted by molar-refractivity contribution is 8.01. The lowest BCUT2D eigenvalue weighted by atomic mass is 10.1. The fourth-order valence-corrected chi connectivity index (χ4v) is 4.28. The third kappa shape index (κ3) is 6.69. The maximum Gasteiger partial charge on any atom is 0.257 e. The van der Waals surface area contributed by atoms with Gasteiger partial charge < -0.3 is 5.32 Å². The number of benzene rings is 2. The molecule has 0 atom stereocenters. The molecule has 29 heavy (non-hydrogen) atoms. The number of carbonyl (C=O) groups excluding carboxylic acids is 2. The van der Waals surface area contributed by atoms with Crippen LogP contribution < -0.4 is 10.6 Å². The van der Waals surface area contributed by atoms with Crippen molar-refractivity contribution in [2.45, 2.75) is 30.5 Å². The van der Waals surface area contributed by atoms with Crippen LogP contribution in [0.5, 0.6) is 0 Å². The van der Waals surface area contributed by atoms with Crippen LogP contribution in [-0.4, -0.2) is 27.8 Å². The van der Waals surface area contributed by atoms with Crippen molar-refractivity contribution in [2.75, 3.05) is 16.4 Å². The number of hydrogen-bond acceptors (Lipinski definition) is 6. The minimum atomic E-state index is -0.254. The van der Waals surface area contributed by atoms with E-state index in [2.05, 4.69) is 45.1 Å². The Morgan fingerprint density at radius 3 is 2.48 bits per heavy atom. The molecular weight excluding hydrogens is 404 g/mol. The van der Waals surface area contributed by atoms with E-state index in [4.69, 9.17) is 0 Å². The van der Waals surface area contributed by atoms with Crippen LogP contribution in [0.4, 0.5) is 10.8 Å². The van der Waals surface area contributed by atoms with E-state index in [1.54, 1.807) is 43.0 Å². The fourth-order valence-electron chi connectivity index (χ4n) is 2.52. The highest BCUT2D eigenvalue weighted by Crippen LogP contribution is 2.26. The molecular formula is C21H22N4O2S2. The number of nitrogens with zero attached hydrogens (tertiary/aromatic N) is 2. The lowest BCUT2D eigenvalue weighted by Crippen LogP contribution is -2.12. The average molecular weight is 427 g/mol. The zero-order chi connectivity index (χ0) is 20.5. The Morgan fingerprint density at radius 1 is 1.00 bits per heavy atom. The maximum atomic E-state index is 12.4. The molecule has 6 nitrogen and oxygen atoms in total. The van der Waals surface area contributed by atoms with Gasteiger partial charge in [0.05, 0.1) is 0 Å². The van der Waals surface area contributed by atoms with Gasteiger partial charge in [0.25, 0.3) is 5.91 Å². The zero-order valence-electron chi connectivity index (χ0n) is 16.1. The number of rotatable bonds is 9. The molecule has 3 aromatic rings. The molecule has 0 aliphatic carbocycles. The molecule has 150 valence electrons. The van der Waals surface area contributed by atoms with E-state index < -0.39 is 0 Å². The maximum absolute atomic E-state index is 12.4. The van der Waals surface area contributed by atoms with Crippen LogP contribution in [0.15, 0.2) is 58.9 Å². The van der Waals surface area contributed by atoms with Crippen LogP contribution in [0.2, 0.25) is 0 Å². The monoisotopic (exact) mass is 426 g/mol. The number of amides is 2. The molecule has 0 saturated carbocycles. The Balaban J connectivity index is 1.45. The van der Waals surface area contributed by atoms with Crippen LogP contribution in [0, 0.1) is 0 Å². The number of carbonyl (C=O) groups is 2. The second-order valence-corrected chi connectivity index (χ2v) is 8.56. The number of anilines is 2. The summed E-state index contributed by atoms with van der Waals surface area (Å²) in [5, 5.41) is 14.2. The summed E-state index contributed by atoms with van der Waals surface area (Å²) >= 11 is 3.02. The SMILES string of the molecule is CCC(=O)Nc1ccc(C(=O)Nc2nnc(SCCCc3ccccc3)s2)cc1. The molecule has 1 aromatic heterocycles. The molecule has 2 N–H and O–H groups in total. The first-order valence-corrected chi connectivity index (χ1v) is 11.2. The molecule has 1 heterocycles. The van der Waals surface area contributed by atoms with E-state index in [0.717, 1.165) is 22.9 Å². The molecule has 0 fully saturated rings. The topological polar surface area (TPSA) is 84.0 Å². The summed E-state index contributed by atoms with van der Waals surface area (Å²) in [6.45, 7) is 1.79. The minimum absolute atomic E-state index is 0.0649. The molecule has 0 aliphatic rings. The van der Waals surface area contributed by atoms with Crippen molar-refractivity contribution < 1.29 is 9.59 Å². The van der Waals surface area contributed by atoms with Crippen molar-refractivity contribution in [1.29, 1.82) is 0 Å². The van der Waals surface area contributed by atoms with Gasteiger partial charge in [-0.2, -0.15) is 0 Å². The van der Waals surface area contributed by atoms with Crippen molar-refractivity contribution in [2.24, 2.45) is 0 Å². The van der Waals surface area contributed by atoms with Gasteiger partial charge in [-0.1, -0.05) is 60.4 Å². The van der Waals surface area contributed by atoms with E-state index in [9.17, 15) is 9.59 Å². The van der Waals surface area contributed by atoms with Gasteiger partial charge in [0.1, 0.15) is 0 Å². The van der Waals surface area contributed by atoms with E-state index in [1.165, 1.54) is 16.9 Å². The van der Waals surface area contributed by atoms with Crippen molar-refractivity contribution >= 4 is 45.7 Å². The highest BCUT2D eigenvalue weighted by atomic mass is 32.2. The average Bonchev–Trinajstić information content (AvgIpc) is 3.19. The fraction of sp³-hybridized carbons (Fsp3) is 0.238. The second-order valence-electron chi connectivity index (χ2n) is 6.24. The standard InChI is InChI=1S/C21H22N4O2S2/c1-2-18(26)22-17-12-10-16(11-13-17)19(27)23-20-24-25-21(29-20)28-14-6-9-15-7-4-3-5-8-15/h3-5,7-8,10-13H,2,6,9,14H2,1H3,(H,22,26)(H,23,24,27). The van der Waals surface area contributed by atoms with E-state index in [1.807, 2.05) is 6.07 Å². The van der Waals surface area contributed by atoms with Gasteiger partial charge >= 0.3 is 0 Å². The first kappa shape index (κ1) is 21.0. The first-order valence-electron chi connectivity index (χ1n) is 9.35. The Labute approximate surface area is 178 Å². The number of thioether (sulfide) groups is 1. The number of aryl methyl sites for hydroxylation is 1. The second kappa shape index (κ2) is 10.7. The molecule has 2 amide bonds. The smallest absolute Gasteiger partial charge is 0.257 e. The van der Waals surface area contributed by atoms with Gasteiger partial charge in [0.15, 0.2) is 4.34 Å². The first-order chi connectivity index (χ1) is 14.1. The van der Waals surface area contributed by atoms with Crippen LogP contribution >= 0.6 is 23.1 Å². The molecule has 8 heteroatoms. The summed E-state index contributed by atoms with van der Waals surface area (Å²) < 4.78 is 0.839. The van der Waals surface area contributed by atoms with Gasteiger partial charge in [-0.25, -0.2) is 0 Å². The Hall–Kier alpha value is -2.71. The molecule has 3 rings (SSSR count). The third-order valence-corrected chi connectivity index (χ3v) is 6.12. The van der Waals surface area contributed by atoms with Crippen molar-refractivity contribution in [3.05, 3.63) is 65.7 Å². The third-order valence-electron chi connectivity index (χ3n) is 4.06. The predicted molar refractivity (Wildman–Crippen MR) is 119 cm³/mol. The van der Waals surface area contributed by atoms with Crippen molar-refractivity contribution in [1.82, 2.24) is 10.2 Å². The van der Waals surface area contributed by atoms with Crippen molar-refractivity contribution in [3.63, 3.8) is 0 Å². The summed E-state index contributed by atoms with van der Waals surface area (Å²) in [5.74, 6) is 0.627. The number of hydrogen-bond donors (Lipinski definition) is 2. The summed E-state index contributed by atoms with van der Waals surface area (Å²) in [6.07, 6.45) is 2.49. The van der Waals surface area contributed by atoms with Crippen LogP contribution in [-0.2, 0) is 11.2 Å². The van der Waals surface area contributed by atoms with Gasteiger partial charge in [-0.05, 0) is 42.7 Å². The molecule has 0 radical (unpaired) electrons.